The number of aromatic nitrogens is 3. The molecule has 9 nitrogen and oxygen atoms in total. The number of hydrogen-bond acceptors (Lipinski definition) is 7. The van der Waals surface area contributed by atoms with Crippen molar-refractivity contribution in [1.29, 1.82) is 0 Å². The van der Waals surface area contributed by atoms with Crippen molar-refractivity contribution in [3.05, 3.63) is 41.4 Å². The first-order chi connectivity index (χ1) is 13.9. The standard InChI is InChI=1S/C18H21FN6O3S/c1-3-12-14(16(26)28-4-2)13(22-17(27)21-12)9-29-18-24-23-15(25(18)20)10-5-7-11(19)8-6-10/h5-8,12H,3-4,9,20H2,1-2H3,(H2,21,22,27). The van der Waals surface area contributed by atoms with E-state index in [1.54, 1.807) is 19.1 Å². The fraction of sp³-hybridized carbons (Fsp3) is 0.333. The Morgan fingerprint density at radius 1 is 1.31 bits per heavy atom. The minimum atomic E-state index is -0.483. The number of rotatable bonds is 7. The maximum Gasteiger partial charge on any atom is 0.337 e. The monoisotopic (exact) mass is 420 g/mol. The Hall–Kier alpha value is -3.08. The maximum absolute atomic E-state index is 13.1. The number of nitrogens with zero attached hydrogens (tertiary/aromatic N) is 3. The highest BCUT2D eigenvalue weighted by molar-refractivity contribution is 7.99. The molecule has 3 rings (SSSR count). The van der Waals surface area contributed by atoms with E-state index in [1.807, 2.05) is 6.92 Å². The van der Waals surface area contributed by atoms with Crippen molar-refractivity contribution in [2.24, 2.45) is 0 Å². The molecule has 0 bridgehead atoms. The molecule has 154 valence electrons. The molecular weight excluding hydrogens is 399 g/mol. The maximum atomic E-state index is 13.1. The number of carbonyl (C=O) groups is 2. The van der Waals surface area contributed by atoms with Crippen LogP contribution < -0.4 is 16.5 Å². The van der Waals surface area contributed by atoms with Gasteiger partial charge in [-0.2, -0.15) is 0 Å². The lowest BCUT2D eigenvalue weighted by Gasteiger charge is -2.28. The van der Waals surface area contributed by atoms with Gasteiger partial charge in [-0.3, -0.25) is 0 Å². The number of nitrogen functional groups attached to an aromatic ring is 1. The van der Waals surface area contributed by atoms with Crippen molar-refractivity contribution in [3.63, 3.8) is 0 Å². The van der Waals surface area contributed by atoms with Crippen LogP contribution in [0, 0.1) is 5.82 Å². The predicted octanol–water partition coefficient (Wildman–Crippen LogP) is 1.80. The first kappa shape index (κ1) is 20.6. The zero-order chi connectivity index (χ0) is 21.0. The van der Waals surface area contributed by atoms with Crippen molar-refractivity contribution in [2.45, 2.75) is 31.5 Å². The number of halogens is 1. The Labute approximate surface area is 170 Å². The molecule has 2 aromatic rings. The second kappa shape index (κ2) is 8.95. The Morgan fingerprint density at radius 3 is 2.69 bits per heavy atom. The summed E-state index contributed by atoms with van der Waals surface area (Å²) in [7, 11) is 0. The van der Waals surface area contributed by atoms with E-state index in [9.17, 15) is 14.0 Å². The average molecular weight is 420 g/mol. The van der Waals surface area contributed by atoms with Gasteiger partial charge >= 0.3 is 12.0 Å². The van der Waals surface area contributed by atoms with E-state index in [0.717, 1.165) is 0 Å². The highest BCUT2D eigenvalue weighted by Gasteiger charge is 2.31. The molecule has 1 aromatic heterocycles. The summed E-state index contributed by atoms with van der Waals surface area (Å²) in [6, 6.07) is 4.89. The third-order valence-electron chi connectivity index (χ3n) is 4.26. The van der Waals surface area contributed by atoms with Crippen LogP contribution in [0.4, 0.5) is 9.18 Å². The number of benzene rings is 1. The van der Waals surface area contributed by atoms with E-state index < -0.39 is 12.0 Å². The predicted molar refractivity (Wildman–Crippen MR) is 106 cm³/mol. The Morgan fingerprint density at radius 2 is 2.03 bits per heavy atom. The van der Waals surface area contributed by atoms with Gasteiger partial charge < -0.3 is 21.2 Å². The number of ether oxygens (including phenoxy) is 1. The third-order valence-corrected chi connectivity index (χ3v) is 5.23. The van der Waals surface area contributed by atoms with Crippen LogP contribution in [0.1, 0.15) is 20.3 Å². The molecule has 4 N–H and O–H groups in total. The smallest absolute Gasteiger partial charge is 0.337 e. The number of urea groups is 1. The summed E-state index contributed by atoms with van der Waals surface area (Å²) in [5.41, 5.74) is 1.43. The van der Waals surface area contributed by atoms with Gasteiger partial charge in [0, 0.05) is 17.0 Å². The van der Waals surface area contributed by atoms with Gasteiger partial charge in [-0.1, -0.05) is 18.7 Å². The van der Waals surface area contributed by atoms with E-state index in [0.29, 0.717) is 34.2 Å². The van der Waals surface area contributed by atoms with E-state index in [1.165, 1.54) is 28.6 Å². The van der Waals surface area contributed by atoms with Gasteiger partial charge in [0.1, 0.15) is 5.82 Å². The van der Waals surface area contributed by atoms with Crippen molar-refractivity contribution >= 4 is 23.8 Å². The molecule has 2 heterocycles. The number of esters is 1. The number of carbonyl (C=O) groups excluding carboxylic acids is 2. The summed E-state index contributed by atoms with van der Waals surface area (Å²) in [4.78, 5) is 24.4. The fourth-order valence-electron chi connectivity index (χ4n) is 2.88. The molecule has 1 aliphatic heterocycles. The number of thioether (sulfide) groups is 1. The molecule has 0 radical (unpaired) electrons. The van der Waals surface area contributed by atoms with Crippen molar-refractivity contribution in [1.82, 2.24) is 25.5 Å². The SMILES string of the molecule is CCOC(=O)C1=C(CSc2nnc(-c3ccc(F)cc3)n2N)NC(=O)NC1CC. The van der Waals surface area contributed by atoms with Crippen molar-refractivity contribution < 1.29 is 18.7 Å². The Balaban J connectivity index is 1.84. The van der Waals surface area contributed by atoms with Crippen molar-refractivity contribution in [3.8, 4) is 11.4 Å². The molecule has 0 saturated heterocycles. The normalized spacial score (nSPS) is 16.4. The van der Waals surface area contributed by atoms with E-state index >= 15 is 0 Å². The highest BCUT2D eigenvalue weighted by atomic mass is 32.2. The molecule has 2 amide bonds. The number of nitrogens with two attached hydrogens (primary N) is 1. The van der Waals surface area contributed by atoms with Crippen LogP contribution in [0.3, 0.4) is 0 Å². The molecule has 0 fully saturated rings. The summed E-state index contributed by atoms with van der Waals surface area (Å²) >= 11 is 1.21. The second-order valence-corrected chi connectivity index (χ2v) is 7.09. The molecule has 0 aliphatic carbocycles. The topological polar surface area (TPSA) is 124 Å². The lowest BCUT2D eigenvalue weighted by atomic mass is 10.0. The van der Waals surface area contributed by atoms with Crippen LogP contribution in [-0.4, -0.2) is 45.3 Å². The molecule has 11 heteroatoms. The van der Waals surface area contributed by atoms with Crippen LogP contribution in [0.2, 0.25) is 0 Å². The van der Waals surface area contributed by atoms with Crippen LogP contribution in [-0.2, 0) is 9.53 Å². The van der Waals surface area contributed by atoms with Gasteiger partial charge in [0.05, 0.1) is 18.2 Å². The largest absolute Gasteiger partial charge is 0.463 e. The van der Waals surface area contributed by atoms with Gasteiger partial charge in [0.15, 0.2) is 5.82 Å². The summed E-state index contributed by atoms with van der Waals surface area (Å²) < 4.78 is 19.5. The summed E-state index contributed by atoms with van der Waals surface area (Å²) in [6.07, 6.45) is 0.539. The molecule has 29 heavy (non-hydrogen) atoms. The molecule has 1 unspecified atom stereocenters. The van der Waals surface area contributed by atoms with E-state index in [4.69, 9.17) is 10.6 Å². The molecule has 1 atom stereocenters. The van der Waals surface area contributed by atoms with Gasteiger partial charge in [0.25, 0.3) is 0 Å². The zero-order valence-electron chi connectivity index (χ0n) is 15.9. The number of amides is 2. The fourth-order valence-corrected chi connectivity index (χ4v) is 3.71. The molecular formula is C18H21FN6O3S. The van der Waals surface area contributed by atoms with Gasteiger partial charge in [-0.25, -0.2) is 18.7 Å². The second-order valence-electron chi connectivity index (χ2n) is 6.14. The van der Waals surface area contributed by atoms with Crippen molar-refractivity contribution in [2.75, 3.05) is 18.2 Å². The molecule has 1 aliphatic rings. The number of nitrogens with one attached hydrogen (secondary N) is 2. The number of hydrogen-bond donors (Lipinski definition) is 3. The van der Waals surface area contributed by atoms with Crippen LogP contribution in [0.25, 0.3) is 11.4 Å². The molecule has 1 aromatic carbocycles. The van der Waals surface area contributed by atoms with Crippen LogP contribution >= 0.6 is 11.8 Å². The summed E-state index contributed by atoms with van der Waals surface area (Å²) in [6.45, 7) is 3.81. The lowest BCUT2D eigenvalue weighted by Crippen LogP contribution is -2.50. The van der Waals surface area contributed by atoms with E-state index in [-0.39, 0.29) is 24.2 Å². The summed E-state index contributed by atoms with van der Waals surface area (Å²) in [5.74, 6) is 5.84. The highest BCUT2D eigenvalue weighted by Crippen LogP contribution is 2.26. The molecule has 0 saturated carbocycles. The van der Waals surface area contributed by atoms with Crippen LogP contribution in [0.15, 0.2) is 40.7 Å². The van der Waals surface area contributed by atoms with Gasteiger partial charge in [-0.15, -0.1) is 10.2 Å². The first-order valence-electron chi connectivity index (χ1n) is 9.01. The molecule has 0 spiro atoms. The third kappa shape index (κ3) is 4.50. The summed E-state index contributed by atoms with van der Waals surface area (Å²) in [5, 5.41) is 13.9. The zero-order valence-corrected chi connectivity index (χ0v) is 16.8. The first-order valence-corrected chi connectivity index (χ1v) is 10.00. The Bertz CT molecular complexity index is 944. The minimum Gasteiger partial charge on any atom is -0.463 e. The van der Waals surface area contributed by atoms with Crippen LogP contribution in [0.5, 0.6) is 0 Å². The van der Waals surface area contributed by atoms with Gasteiger partial charge in [-0.05, 0) is 37.6 Å². The minimum absolute atomic E-state index is 0.227. The van der Waals surface area contributed by atoms with Gasteiger partial charge in [0.2, 0.25) is 5.16 Å². The quantitative estimate of drug-likeness (QED) is 0.354. The lowest BCUT2D eigenvalue weighted by molar-refractivity contribution is -0.139. The Kier molecular flexibility index (Phi) is 6.37. The van der Waals surface area contributed by atoms with E-state index in [2.05, 4.69) is 20.8 Å². The average Bonchev–Trinajstić information content (AvgIpc) is 3.07.